The molecule has 0 aliphatic rings. The van der Waals surface area contributed by atoms with Gasteiger partial charge in [-0.05, 0) is 69.1 Å². The topological polar surface area (TPSA) is 130 Å². The summed E-state index contributed by atoms with van der Waals surface area (Å²) in [4.78, 5) is 0. The zero-order valence-electron chi connectivity index (χ0n) is 14.7. The molecule has 5 nitrogen and oxygen atoms in total. The summed E-state index contributed by atoms with van der Waals surface area (Å²) < 4.78 is 0. The molecule has 0 spiro atoms. The molecule has 5 unspecified atom stereocenters. The second-order valence-electron chi connectivity index (χ2n) is 6.71. The largest absolute Gasteiger partial charge is 0.330 e. The van der Waals surface area contributed by atoms with Crippen LogP contribution in [-0.4, -0.2) is 32.2 Å². The van der Waals surface area contributed by atoms with E-state index in [1.165, 1.54) is 12.8 Å². The number of rotatable bonds is 10. The van der Waals surface area contributed by atoms with Crippen LogP contribution in [0.15, 0.2) is 0 Å². The summed E-state index contributed by atoms with van der Waals surface area (Å²) in [5.74, 6) is 2.24. The lowest BCUT2D eigenvalue weighted by molar-refractivity contribution is 0.380. The Morgan fingerprint density at radius 1 is 0.619 bits per heavy atom. The average Bonchev–Trinajstić information content (AvgIpc) is 2.51. The van der Waals surface area contributed by atoms with Crippen molar-refractivity contribution in [3.05, 3.63) is 0 Å². The first-order chi connectivity index (χ1) is 9.81. The van der Waals surface area contributed by atoms with E-state index in [0.717, 1.165) is 19.5 Å². The minimum absolute atomic E-state index is 0.207. The molecule has 5 heteroatoms. The highest BCUT2D eigenvalue weighted by molar-refractivity contribution is 4.72. The van der Waals surface area contributed by atoms with Crippen molar-refractivity contribution in [3.63, 3.8) is 0 Å². The zero-order chi connectivity index (χ0) is 16.8. The van der Waals surface area contributed by atoms with Crippen LogP contribution in [0.3, 0.4) is 0 Å². The van der Waals surface area contributed by atoms with E-state index in [0.29, 0.717) is 36.8 Å². The van der Waals surface area contributed by atoms with E-state index in [4.69, 9.17) is 28.7 Å². The Balaban J connectivity index is 0. The Morgan fingerprint density at radius 3 is 1.29 bits per heavy atom. The van der Waals surface area contributed by atoms with Gasteiger partial charge in [-0.2, -0.15) is 0 Å². The SMILES string of the molecule is CC(CN)CC(N)C(C)CN.CC(CN)CCC(C)CN. The Morgan fingerprint density at radius 2 is 1.00 bits per heavy atom. The van der Waals surface area contributed by atoms with Crippen molar-refractivity contribution in [3.8, 4) is 0 Å². The normalized spacial score (nSPS) is 18.1. The molecule has 0 radical (unpaired) electrons. The van der Waals surface area contributed by atoms with E-state index in [1.807, 2.05) is 0 Å². The summed E-state index contributed by atoms with van der Waals surface area (Å²) in [6.07, 6.45) is 3.42. The van der Waals surface area contributed by atoms with Crippen LogP contribution in [0.4, 0.5) is 0 Å². The van der Waals surface area contributed by atoms with Gasteiger partial charge in [-0.1, -0.05) is 27.7 Å². The molecule has 21 heavy (non-hydrogen) atoms. The summed E-state index contributed by atoms with van der Waals surface area (Å²) in [7, 11) is 0. The molecule has 0 heterocycles. The molecule has 0 saturated carbocycles. The lowest BCUT2D eigenvalue weighted by Crippen LogP contribution is -2.35. The number of nitrogens with two attached hydrogens (primary N) is 5. The predicted octanol–water partition coefficient (Wildman–Crippen LogP) is 0.850. The lowest BCUT2D eigenvalue weighted by atomic mass is 9.93. The van der Waals surface area contributed by atoms with Crippen molar-refractivity contribution < 1.29 is 0 Å². The molecular weight excluding hydrogens is 262 g/mol. The van der Waals surface area contributed by atoms with Crippen molar-refractivity contribution in [2.24, 2.45) is 52.3 Å². The average molecular weight is 304 g/mol. The van der Waals surface area contributed by atoms with Gasteiger partial charge in [0.2, 0.25) is 0 Å². The highest BCUT2D eigenvalue weighted by Crippen LogP contribution is 2.10. The molecule has 0 rings (SSSR count). The fourth-order valence-electron chi connectivity index (χ4n) is 1.77. The summed E-state index contributed by atoms with van der Waals surface area (Å²) in [6.45, 7) is 11.5. The first-order valence-electron chi connectivity index (χ1n) is 8.38. The maximum atomic E-state index is 5.87. The molecule has 10 N–H and O–H groups in total. The Hall–Kier alpha value is -0.200. The number of hydrogen-bond acceptors (Lipinski definition) is 5. The van der Waals surface area contributed by atoms with Crippen molar-refractivity contribution in [1.29, 1.82) is 0 Å². The van der Waals surface area contributed by atoms with Gasteiger partial charge in [-0.25, -0.2) is 0 Å². The summed E-state index contributed by atoms with van der Waals surface area (Å²) >= 11 is 0. The van der Waals surface area contributed by atoms with Gasteiger partial charge in [0.15, 0.2) is 0 Å². The van der Waals surface area contributed by atoms with Gasteiger partial charge in [0.25, 0.3) is 0 Å². The van der Waals surface area contributed by atoms with Gasteiger partial charge >= 0.3 is 0 Å². The monoisotopic (exact) mass is 303 g/mol. The Labute approximate surface area is 132 Å². The van der Waals surface area contributed by atoms with Gasteiger partial charge in [0, 0.05) is 6.04 Å². The summed E-state index contributed by atoms with van der Waals surface area (Å²) in [5, 5.41) is 0. The quantitative estimate of drug-likeness (QED) is 0.408. The van der Waals surface area contributed by atoms with Gasteiger partial charge in [-0.3, -0.25) is 0 Å². The third-order valence-electron chi connectivity index (χ3n) is 4.14. The molecule has 0 aromatic carbocycles. The molecule has 0 aromatic heterocycles. The molecule has 0 amide bonds. The van der Waals surface area contributed by atoms with Crippen LogP contribution in [0.5, 0.6) is 0 Å². The molecule has 0 fully saturated rings. The second kappa shape index (κ2) is 14.7. The third-order valence-corrected chi connectivity index (χ3v) is 4.14. The maximum absolute atomic E-state index is 5.87. The Kier molecular flexibility index (Phi) is 16.2. The second-order valence-corrected chi connectivity index (χ2v) is 6.71. The van der Waals surface area contributed by atoms with Crippen molar-refractivity contribution >= 4 is 0 Å². The van der Waals surface area contributed by atoms with Crippen LogP contribution < -0.4 is 28.7 Å². The standard InChI is InChI=1S/C8H21N3.C8H20N2/c1-6(4-9)3-8(11)7(2)5-10;1-7(5-9)3-4-8(2)6-10/h6-8H,3-5,9-11H2,1-2H3;7-8H,3-6,9-10H2,1-2H3. The molecule has 0 aliphatic heterocycles. The third kappa shape index (κ3) is 14.5. The van der Waals surface area contributed by atoms with Gasteiger partial charge in [-0.15, -0.1) is 0 Å². The first kappa shape index (κ1) is 23.1. The molecular formula is C16H41N5. The van der Waals surface area contributed by atoms with E-state index in [1.54, 1.807) is 0 Å². The first-order valence-corrected chi connectivity index (χ1v) is 8.38. The van der Waals surface area contributed by atoms with Crippen LogP contribution in [0.25, 0.3) is 0 Å². The molecule has 0 aliphatic carbocycles. The molecule has 0 saturated heterocycles. The predicted molar refractivity (Wildman–Crippen MR) is 94.7 cm³/mol. The van der Waals surface area contributed by atoms with Crippen molar-refractivity contribution in [2.45, 2.75) is 53.0 Å². The molecule has 0 aromatic rings. The van der Waals surface area contributed by atoms with Crippen LogP contribution in [0.2, 0.25) is 0 Å². The van der Waals surface area contributed by atoms with Crippen LogP contribution in [-0.2, 0) is 0 Å². The molecule has 0 bridgehead atoms. The van der Waals surface area contributed by atoms with Gasteiger partial charge in [0.05, 0.1) is 0 Å². The lowest BCUT2D eigenvalue weighted by Gasteiger charge is -2.20. The van der Waals surface area contributed by atoms with Crippen LogP contribution in [0, 0.1) is 23.7 Å². The van der Waals surface area contributed by atoms with Crippen LogP contribution in [0.1, 0.15) is 47.0 Å². The van der Waals surface area contributed by atoms with E-state index < -0.39 is 0 Å². The van der Waals surface area contributed by atoms with Crippen LogP contribution >= 0.6 is 0 Å². The highest BCUT2D eigenvalue weighted by Gasteiger charge is 2.13. The molecule has 130 valence electrons. The van der Waals surface area contributed by atoms with E-state index >= 15 is 0 Å². The smallest absolute Gasteiger partial charge is 0.00795 e. The van der Waals surface area contributed by atoms with E-state index in [9.17, 15) is 0 Å². The van der Waals surface area contributed by atoms with E-state index in [2.05, 4.69) is 27.7 Å². The fraction of sp³-hybridized carbons (Fsp3) is 1.00. The van der Waals surface area contributed by atoms with Crippen molar-refractivity contribution in [2.75, 3.05) is 26.2 Å². The molecule has 5 atom stereocenters. The Bertz CT molecular complexity index is 203. The minimum Gasteiger partial charge on any atom is -0.330 e. The van der Waals surface area contributed by atoms with Gasteiger partial charge < -0.3 is 28.7 Å². The highest BCUT2D eigenvalue weighted by atomic mass is 14.7. The number of hydrogen-bond donors (Lipinski definition) is 5. The van der Waals surface area contributed by atoms with Crippen molar-refractivity contribution in [1.82, 2.24) is 0 Å². The maximum Gasteiger partial charge on any atom is 0.00795 e. The van der Waals surface area contributed by atoms with E-state index in [-0.39, 0.29) is 6.04 Å². The fourth-order valence-corrected chi connectivity index (χ4v) is 1.77. The zero-order valence-corrected chi connectivity index (χ0v) is 14.7. The van der Waals surface area contributed by atoms with Gasteiger partial charge in [0.1, 0.15) is 0 Å². The summed E-state index contributed by atoms with van der Waals surface area (Å²) in [6, 6.07) is 0.207. The minimum atomic E-state index is 0.207. The summed E-state index contributed by atoms with van der Waals surface area (Å²) in [5.41, 5.74) is 27.8.